The number of fused-ring (bicyclic) bond motifs is 1. The van der Waals surface area contributed by atoms with Crippen molar-refractivity contribution >= 4 is 45.6 Å². The zero-order chi connectivity index (χ0) is 21.8. The van der Waals surface area contributed by atoms with Crippen LogP contribution in [0.15, 0.2) is 69.9 Å². The maximum Gasteiger partial charge on any atom is 0.262 e. The van der Waals surface area contributed by atoms with Crippen LogP contribution in [-0.4, -0.2) is 21.2 Å². The smallest absolute Gasteiger partial charge is 0.262 e. The van der Waals surface area contributed by atoms with Gasteiger partial charge in [-0.1, -0.05) is 48.2 Å². The normalized spacial score (nSPS) is 11.0. The molecule has 1 amide bonds. The summed E-state index contributed by atoms with van der Waals surface area (Å²) in [5, 5.41) is 6.20. The number of benzene rings is 2. The van der Waals surface area contributed by atoms with Crippen LogP contribution >= 0.6 is 23.1 Å². The van der Waals surface area contributed by atoms with Gasteiger partial charge in [0, 0.05) is 17.1 Å². The average Bonchev–Trinajstić information content (AvgIpc) is 3.28. The maximum atomic E-state index is 13.1. The molecule has 2 heterocycles. The molecule has 2 aromatic carbocycles. The lowest BCUT2D eigenvalue weighted by atomic mass is 10.1. The zero-order valence-corrected chi connectivity index (χ0v) is 19.1. The first-order chi connectivity index (χ1) is 15.0. The second-order valence-corrected chi connectivity index (χ2v) is 9.28. The van der Waals surface area contributed by atoms with Crippen molar-refractivity contribution in [2.45, 2.75) is 32.0 Å². The molecule has 5 nitrogen and oxygen atoms in total. The van der Waals surface area contributed by atoms with Gasteiger partial charge in [-0.3, -0.25) is 14.2 Å². The molecule has 4 aromatic rings. The van der Waals surface area contributed by atoms with E-state index in [0.29, 0.717) is 22.6 Å². The number of para-hydroxylation sites is 2. The van der Waals surface area contributed by atoms with E-state index in [0.717, 1.165) is 23.2 Å². The van der Waals surface area contributed by atoms with Crippen LogP contribution in [0.1, 0.15) is 16.0 Å². The standard InChI is InChI=1S/C24H23N3O2S2/c1-16-7-5-8-17(2)22(16)26-21(28)15-31-24-25-20-11-4-3-10-19(20)23(29)27(24)13-12-18-9-6-14-30-18/h3-11,14H,12-13,15H2,1-2H3,(H,26,28). The number of thiophene rings is 1. The Hall–Kier alpha value is -2.90. The molecule has 4 rings (SSSR count). The molecule has 0 unspecified atom stereocenters. The first-order valence-corrected chi connectivity index (χ1v) is 11.9. The van der Waals surface area contributed by atoms with Crippen molar-refractivity contribution < 1.29 is 4.79 Å². The average molecular weight is 450 g/mol. The summed E-state index contributed by atoms with van der Waals surface area (Å²) in [6.45, 7) is 4.48. The van der Waals surface area contributed by atoms with E-state index < -0.39 is 0 Å². The number of amides is 1. The van der Waals surface area contributed by atoms with E-state index in [9.17, 15) is 9.59 Å². The summed E-state index contributed by atoms with van der Waals surface area (Å²) >= 11 is 2.97. The van der Waals surface area contributed by atoms with E-state index in [4.69, 9.17) is 4.98 Å². The van der Waals surface area contributed by atoms with E-state index in [1.165, 1.54) is 16.6 Å². The molecule has 0 radical (unpaired) electrons. The Labute approximate surface area is 189 Å². The second kappa shape index (κ2) is 9.49. The largest absolute Gasteiger partial charge is 0.325 e. The van der Waals surface area contributed by atoms with Crippen LogP contribution in [0.2, 0.25) is 0 Å². The third kappa shape index (κ3) is 4.89. The molecule has 31 heavy (non-hydrogen) atoms. The van der Waals surface area contributed by atoms with Gasteiger partial charge in [0.25, 0.3) is 5.56 Å². The van der Waals surface area contributed by atoms with Crippen molar-refractivity contribution in [3.8, 4) is 0 Å². The Bertz CT molecular complexity index is 1260. The summed E-state index contributed by atoms with van der Waals surface area (Å²) in [6.07, 6.45) is 0.750. The van der Waals surface area contributed by atoms with E-state index in [1.54, 1.807) is 22.0 Å². The Morgan fingerprint density at radius 2 is 1.84 bits per heavy atom. The predicted molar refractivity (Wildman–Crippen MR) is 129 cm³/mol. The highest BCUT2D eigenvalue weighted by Crippen LogP contribution is 2.22. The molecule has 0 spiro atoms. The summed E-state index contributed by atoms with van der Waals surface area (Å²) in [5.41, 5.74) is 3.47. The van der Waals surface area contributed by atoms with Crippen molar-refractivity contribution in [1.82, 2.24) is 9.55 Å². The lowest BCUT2D eigenvalue weighted by Gasteiger charge is -2.14. The molecule has 158 valence electrons. The van der Waals surface area contributed by atoms with Crippen LogP contribution in [0.3, 0.4) is 0 Å². The number of nitrogens with one attached hydrogen (secondary N) is 1. The van der Waals surface area contributed by atoms with Gasteiger partial charge in [0.05, 0.1) is 16.7 Å². The van der Waals surface area contributed by atoms with Crippen LogP contribution < -0.4 is 10.9 Å². The lowest BCUT2D eigenvalue weighted by molar-refractivity contribution is -0.113. The van der Waals surface area contributed by atoms with Crippen LogP contribution in [0, 0.1) is 13.8 Å². The molecule has 2 aromatic heterocycles. The fourth-order valence-corrected chi connectivity index (χ4v) is 4.97. The minimum Gasteiger partial charge on any atom is -0.325 e. The van der Waals surface area contributed by atoms with Gasteiger partial charge in [-0.2, -0.15) is 0 Å². The van der Waals surface area contributed by atoms with Crippen molar-refractivity contribution in [1.29, 1.82) is 0 Å². The first kappa shape index (κ1) is 21.3. The number of nitrogens with zero attached hydrogens (tertiary/aromatic N) is 2. The van der Waals surface area contributed by atoms with Gasteiger partial charge in [-0.25, -0.2) is 4.98 Å². The summed E-state index contributed by atoms with van der Waals surface area (Å²) in [4.78, 5) is 31.7. The monoisotopic (exact) mass is 449 g/mol. The maximum absolute atomic E-state index is 13.1. The molecule has 0 aliphatic carbocycles. The van der Waals surface area contributed by atoms with Crippen molar-refractivity contribution in [2.24, 2.45) is 0 Å². The number of hydrogen-bond donors (Lipinski definition) is 1. The minimum absolute atomic E-state index is 0.0696. The fraction of sp³-hybridized carbons (Fsp3) is 0.208. The molecule has 0 fully saturated rings. The highest BCUT2D eigenvalue weighted by atomic mass is 32.2. The van der Waals surface area contributed by atoms with Crippen LogP contribution in [0.25, 0.3) is 10.9 Å². The number of aryl methyl sites for hydroxylation is 3. The number of aromatic nitrogens is 2. The van der Waals surface area contributed by atoms with Gasteiger partial charge in [-0.05, 0) is 55.0 Å². The summed E-state index contributed by atoms with van der Waals surface area (Å²) in [7, 11) is 0. The first-order valence-electron chi connectivity index (χ1n) is 10.0. The molecule has 0 saturated heterocycles. The summed E-state index contributed by atoms with van der Waals surface area (Å²) in [5.74, 6) is 0.0620. The number of hydrogen-bond acceptors (Lipinski definition) is 5. The van der Waals surface area contributed by atoms with Gasteiger partial charge in [0.1, 0.15) is 0 Å². The van der Waals surface area contributed by atoms with Crippen molar-refractivity contribution in [3.05, 3.63) is 86.3 Å². The van der Waals surface area contributed by atoms with Crippen LogP contribution in [0.4, 0.5) is 5.69 Å². The third-order valence-corrected chi connectivity index (χ3v) is 6.98. The Balaban J connectivity index is 1.57. The number of carbonyl (C=O) groups is 1. The molecule has 0 aliphatic rings. The molecule has 7 heteroatoms. The molecule has 1 N–H and O–H groups in total. The molecular weight excluding hydrogens is 426 g/mol. The quantitative estimate of drug-likeness (QED) is 0.317. The van der Waals surface area contributed by atoms with Gasteiger partial charge in [-0.15, -0.1) is 11.3 Å². The van der Waals surface area contributed by atoms with Crippen molar-refractivity contribution in [3.63, 3.8) is 0 Å². The van der Waals surface area contributed by atoms with Gasteiger partial charge < -0.3 is 5.32 Å². The predicted octanol–water partition coefficient (Wildman–Crippen LogP) is 5.05. The SMILES string of the molecule is Cc1cccc(C)c1NC(=O)CSc1nc2ccccc2c(=O)n1CCc1cccs1. The highest BCUT2D eigenvalue weighted by Gasteiger charge is 2.14. The van der Waals surface area contributed by atoms with E-state index in [-0.39, 0.29) is 17.2 Å². The van der Waals surface area contributed by atoms with Crippen LogP contribution in [0.5, 0.6) is 0 Å². The number of rotatable bonds is 7. The summed E-state index contributed by atoms with van der Waals surface area (Å²) < 4.78 is 1.69. The number of anilines is 1. The third-order valence-electron chi connectivity index (χ3n) is 5.07. The summed E-state index contributed by atoms with van der Waals surface area (Å²) in [6, 6.07) is 17.3. The van der Waals surface area contributed by atoms with Gasteiger partial charge in [0.15, 0.2) is 5.16 Å². The van der Waals surface area contributed by atoms with Crippen molar-refractivity contribution in [2.75, 3.05) is 11.1 Å². The van der Waals surface area contributed by atoms with E-state index in [2.05, 4.69) is 11.4 Å². The Kier molecular flexibility index (Phi) is 6.53. The Morgan fingerprint density at radius 3 is 2.58 bits per heavy atom. The van der Waals surface area contributed by atoms with E-state index in [1.807, 2.05) is 61.7 Å². The number of carbonyl (C=O) groups excluding carboxylic acids is 1. The zero-order valence-electron chi connectivity index (χ0n) is 17.4. The minimum atomic E-state index is -0.116. The molecule has 0 bridgehead atoms. The molecular formula is C24H23N3O2S2. The van der Waals surface area contributed by atoms with Gasteiger partial charge >= 0.3 is 0 Å². The van der Waals surface area contributed by atoms with E-state index >= 15 is 0 Å². The fourth-order valence-electron chi connectivity index (χ4n) is 3.45. The lowest BCUT2D eigenvalue weighted by Crippen LogP contribution is -2.25. The molecule has 0 aliphatic heterocycles. The molecule has 0 atom stereocenters. The highest BCUT2D eigenvalue weighted by molar-refractivity contribution is 7.99. The topological polar surface area (TPSA) is 64.0 Å². The van der Waals surface area contributed by atoms with Crippen LogP contribution in [-0.2, 0) is 17.8 Å². The van der Waals surface area contributed by atoms with Gasteiger partial charge in [0.2, 0.25) is 5.91 Å². The number of thioether (sulfide) groups is 1. The Morgan fingerprint density at radius 1 is 1.06 bits per heavy atom. The molecule has 0 saturated carbocycles. The second-order valence-electron chi connectivity index (χ2n) is 7.30.